The quantitative estimate of drug-likeness (QED) is 0.339. The van der Waals surface area contributed by atoms with Gasteiger partial charge < -0.3 is 4.90 Å². The Kier molecular flexibility index (Phi) is 7.60. The van der Waals surface area contributed by atoms with E-state index in [9.17, 15) is 8.42 Å². The van der Waals surface area contributed by atoms with E-state index in [0.29, 0.717) is 0 Å². The average molecular weight is 432 g/mol. The minimum absolute atomic E-state index is 0.190. The number of nitrogens with zero attached hydrogens (tertiary/aromatic N) is 1. The zero-order chi connectivity index (χ0) is 22.1. The Morgan fingerprint density at radius 2 is 0.935 bits per heavy atom. The molecule has 0 fully saturated rings. The molecule has 0 radical (unpaired) electrons. The highest BCUT2D eigenvalue weighted by Gasteiger charge is 2.11. The summed E-state index contributed by atoms with van der Waals surface area (Å²) in [7, 11) is -2.37. The van der Waals surface area contributed by atoms with E-state index >= 15 is 0 Å². The lowest BCUT2D eigenvalue weighted by atomic mass is 10.2. The summed E-state index contributed by atoms with van der Waals surface area (Å²) in [5.74, 6) is 0. The molecule has 0 bridgehead atoms. The minimum atomic E-state index is -3.51. The normalized spacial score (nSPS) is 10.6. The minimum Gasteiger partial charge on any atom is -0.311 e. The Labute approximate surface area is 184 Å². The van der Waals surface area contributed by atoms with E-state index in [1.165, 1.54) is 29.2 Å². The van der Waals surface area contributed by atoms with Crippen LogP contribution in [0.5, 0.6) is 0 Å². The number of hydrogen-bond acceptors (Lipinski definition) is 4. The van der Waals surface area contributed by atoms with Crippen LogP contribution in [0.15, 0.2) is 120 Å². The second kappa shape index (κ2) is 10.6. The van der Waals surface area contributed by atoms with Crippen LogP contribution >= 0.6 is 0 Å². The van der Waals surface area contributed by atoms with E-state index in [4.69, 9.17) is 0 Å². The molecule has 0 unspecified atom stereocenters. The molecule has 5 heteroatoms. The predicted octanol–water partition coefficient (Wildman–Crippen LogP) is 6.49. The summed E-state index contributed by atoms with van der Waals surface area (Å²) < 4.78 is 26.5. The summed E-state index contributed by atoms with van der Waals surface area (Å²) in [6, 6.07) is 37.8. The summed E-state index contributed by atoms with van der Waals surface area (Å²) in [6.07, 6.45) is 0. The molecule has 0 heterocycles. The van der Waals surface area contributed by atoms with Crippen LogP contribution in [0.25, 0.3) is 0 Å². The second-order valence-electron chi connectivity index (χ2n) is 6.78. The van der Waals surface area contributed by atoms with E-state index < -0.39 is 10.1 Å². The van der Waals surface area contributed by atoms with Crippen molar-refractivity contribution in [3.63, 3.8) is 0 Å². The fraction of sp³-hybridized carbons (Fsp3) is 0.0769. The van der Waals surface area contributed by atoms with Crippen LogP contribution in [0.1, 0.15) is 5.56 Å². The number of rotatable bonds is 5. The van der Waals surface area contributed by atoms with Gasteiger partial charge in [0.2, 0.25) is 0 Å². The molecule has 4 aromatic carbocycles. The second-order valence-corrected chi connectivity index (χ2v) is 8.49. The van der Waals surface area contributed by atoms with Crippen LogP contribution in [0.4, 0.5) is 17.1 Å². The van der Waals surface area contributed by atoms with Crippen LogP contribution in [-0.2, 0) is 14.3 Å². The van der Waals surface area contributed by atoms with Crippen molar-refractivity contribution in [1.82, 2.24) is 0 Å². The Balaban J connectivity index is 0.000000196. The fourth-order valence-corrected chi connectivity index (χ4v) is 3.64. The SMILES string of the molecule is COS(=O)(=O)c1ccc(C)cc1.c1ccc(N(c2ccccc2)c2ccccc2)cc1. The van der Waals surface area contributed by atoms with Gasteiger partial charge in [0.15, 0.2) is 0 Å². The lowest BCUT2D eigenvalue weighted by Crippen LogP contribution is -2.09. The van der Waals surface area contributed by atoms with Gasteiger partial charge in [-0.2, -0.15) is 8.42 Å². The molecule has 0 aliphatic heterocycles. The smallest absolute Gasteiger partial charge is 0.296 e. The van der Waals surface area contributed by atoms with Crippen molar-refractivity contribution in [3.05, 3.63) is 121 Å². The van der Waals surface area contributed by atoms with E-state index in [1.54, 1.807) is 12.1 Å². The van der Waals surface area contributed by atoms with E-state index in [-0.39, 0.29) is 4.90 Å². The van der Waals surface area contributed by atoms with Crippen molar-refractivity contribution in [3.8, 4) is 0 Å². The third kappa shape index (κ3) is 6.04. The molecule has 0 atom stereocenters. The first-order valence-corrected chi connectivity index (χ1v) is 11.2. The van der Waals surface area contributed by atoms with Gasteiger partial charge in [0.25, 0.3) is 10.1 Å². The fourth-order valence-electron chi connectivity index (χ4n) is 2.98. The highest BCUT2D eigenvalue weighted by atomic mass is 32.2. The first-order chi connectivity index (χ1) is 15.0. The van der Waals surface area contributed by atoms with E-state index in [0.717, 1.165) is 12.7 Å². The maximum atomic E-state index is 11.1. The summed E-state index contributed by atoms with van der Waals surface area (Å²) in [5.41, 5.74) is 4.52. The zero-order valence-electron chi connectivity index (χ0n) is 17.5. The number of aryl methyl sites for hydroxylation is 1. The highest BCUT2D eigenvalue weighted by molar-refractivity contribution is 7.86. The van der Waals surface area contributed by atoms with Crippen LogP contribution in [0, 0.1) is 6.92 Å². The van der Waals surface area contributed by atoms with Gasteiger partial charge in [-0.3, -0.25) is 4.18 Å². The lowest BCUT2D eigenvalue weighted by Gasteiger charge is -2.25. The molecule has 31 heavy (non-hydrogen) atoms. The Bertz CT molecular complexity index is 1070. The van der Waals surface area contributed by atoms with Crippen molar-refractivity contribution in [1.29, 1.82) is 0 Å². The molecular weight excluding hydrogens is 406 g/mol. The van der Waals surface area contributed by atoms with Crippen molar-refractivity contribution in [2.75, 3.05) is 12.0 Å². The average Bonchev–Trinajstić information content (AvgIpc) is 2.82. The van der Waals surface area contributed by atoms with Gasteiger partial charge in [0.05, 0.1) is 12.0 Å². The van der Waals surface area contributed by atoms with Gasteiger partial charge in [-0.1, -0.05) is 72.3 Å². The molecule has 0 aromatic heterocycles. The van der Waals surface area contributed by atoms with Gasteiger partial charge in [-0.15, -0.1) is 0 Å². The largest absolute Gasteiger partial charge is 0.311 e. The van der Waals surface area contributed by atoms with E-state index in [2.05, 4.69) is 81.9 Å². The Morgan fingerprint density at radius 1 is 0.581 bits per heavy atom. The first kappa shape index (κ1) is 22.3. The van der Waals surface area contributed by atoms with Gasteiger partial charge in [-0.05, 0) is 55.5 Å². The Morgan fingerprint density at radius 3 is 1.26 bits per heavy atom. The molecule has 4 aromatic rings. The monoisotopic (exact) mass is 431 g/mol. The standard InChI is InChI=1S/C18H15N.C8H10O3S/c1-4-10-16(11-5-1)19(17-12-6-2-7-13-17)18-14-8-3-9-15-18;1-7-3-5-8(6-4-7)12(9,10)11-2/h1-15H;3-6H,1-2H3. The van der Waals surface area contributed by atoms with Crippen molar-refractivity contribution in [2.45, 2.75) is 11.8 Å². The molecule has 4 nitrogen and oxygen atoms in total. The number of benzene rings is 4. The lowest BCUT2D eigenvalue weighted by molar-refractivity contribution is 0.398. The zero-order valence-corrected chi connectivity index (χ0v) is 18.4. The highest BCUT2D eigenvalue weighted by Crippen LogP contribution is 2.33. The van der Waals surface area contributed by atoms with E-state index in [1.807, 2.05) is 25.1 Å². The molecule has 0 spiro atoms. The molecule has 0 saturated carbocycles. The van der Waals surface area contributed by atoms with Gasteiger partial charge >= 0.3 is 0 Å². The number of para-hydroxylation sites is 3. The van der Waals surface area contributed by atoms with Gasteiger partial charge in [0, 0.05) is 17.1 Å². The van der Waals surface area contributed by atoms with Crippen LogP contribution in [0.3, 0.4) is 0 Å². The molecule has 0 N–H and O–H groups in total. The van der Waals surface area contributed by atoms with Crippen molar-refractivity contribution in [2.24, 2.45) is 0 Å². The maximum absolute atomic E-state index is 11.1. The van der Waals surface area contributed by atoms with Crippen LogP contribution in [0.2, 0.25) is 0 Å². The summed E-state index contributed by atoms with van der Waals surface area (Å²) in [6.45, 7) is 1.89. The van der Waals surface area contributed by atoms with Gasteiger partial charge in [-0.25, -0.2) is 0 Å². The first-order valence-electron chi connectivity index (χ1n) is 9.84. The summed E-state index contributed by atoms with van der Waals surface area (Å²) in [5, 5.41) is 0. The molecule has 0 aliphatic carbocycles. The number of hydrogen-bond donors (Lipinski definition) is 0. The third-order valence-corrected chi connectivity index (χ3v) is 5.86. The molecule has 0 amide bonds. The number of anilines is 3. The molecule has 0 aliphatic rings. The predicted molar refractivity (Wildman–Crippen MR) is 126 cm³/mol. The molecule has 0 saturated heterocycles. The Hall–Kier alpha value is -3.41. The third-order valence-electron chi connectivity index (χ3n) is 4.57. The molecular formula is C26H25NO3S. The van der Waals surface area contributed by atoms with Crippen LogP contribution in [-0.4, -0.2) is 15.5 Å². The van der Waals surface area contributed by atoms with Crippen molar-refractivity contribution < 1.29 is 12.6 Å². The van der Waals surface area contributed by atoms with Gasteiger partial charge in [0.1, 0.15) is 0 Å². The maximum Gasteiger partial charge on any atom is 0.296 e. The summed E-state index contributed by atoms with van der Waals surface area (Å²) in [4.78, 5) is 2.44. The topological polar surface area (TPSA) is 46.6 Å². The molecule has 158 valence electrons. The molecule has 4 rings (SSSR count). The summed E-state index contributed by atoms with van der Waals surface area (Å²) >= 11 is 0. The van der Waals surface area contributed by atoms with Crippen LogP contribution < -0.4 is 4.90 Å². The van der Waals surface area contributed by atoms with Crippen molar-refractivity contribution >= 4 is 27.2 Å².